The van der Waals surface area contributed by atoms with E-state index in [2.05, 4.69) is 5.32 Å². The molecule has 0 radical (unpaired) electrons. The minimum atomic E-state index is -1.65. The van der Waals surface area contributed by atoms with Crippen LogP contribution in [0.15, 0.2) is 30.3 Å². The number of hydrogen-bond acceptors (Lipinski definition) is 6. The van der Waals surface area contributed by atoms with Crippen molar-refractivity contribution >= 4 is 11.7 Å². The molecule has 0 aliphatic heterocycles. The lowest BCUT2D eigenvalue weighted by molar-refractivity contribution is -0.134. The van der Waals surface area contributed by atoms with Crippen molar-refractivity contribution in [1.82, 2.24) is 5.32 Å². The van der Waals surface area contributed by atoms with E-state index in [-0.39, 0.29) is 11.7 Å². The summed E-state index contributed by atoms with van der Waals surface area (Å²) in [5, 5.41) is 13.9. The zero-order valence-corrected chi connectivity index (χ0v) is 15.7. The van der Waals surface area contributed by atoms with Crippen molar-refractivity contribution in [3.05, 3.63) is 35.9 Å². The molecule has 7 nitrogen and oxygen atoms in total. The lowest BCUT2D eigenvalue weighted by Gasteiger charge is -2.37. The minimum absolute atomic E-state index is 0.299. The van der Waals surface area contributed by atoms with E-state index in [0.717, 1.165) is 12.8 Å². The van der Waals surface area contributed by atoms with Crippen LogP contribution in [-0.2, 0) is 14.3 Å². The van der Waals surface area contributed by atoms with E-state index in [9.17, 15) is 14.7 Å². The first kappa shape index (κ1) is 21.5. The zero-order valence-electron chi connectivity index (χ0n) is 15.7. The first-order valence-corrected chi connectivity index (χ1v) is 9.55. The molecule has 1 aliphatic rings. The Labute approximate surface area is 160 Å². The molecule has 0 saturated heterocycles. The Balaban J connectivity index is 1.85. The maximum atomic E-state index is 12.9. The van der Waals surface area contributed by atoms with E-state index >= 15 is 0 Å². The fourth-order valence-corrected chi connectivity index (χ4v) is 3.39. The molecule has 1 saturated carbocycles. The van der Waals surface area contributed by atoms with Crippen LogP contribution in [0.25, 0.3) is 0 Å². The van der Waals surface area contributed by atoms with Crippen LogP contribution >= 0.6 is 0 Å². The van der Waals surface area contributed by atoms with Gasteiger partial charge in [0.2, 0.25) is 5.91 Å². The van der Waals surface area contributed by atoms with E-state index in [1.165, 1.54) is 0 Å². The Morgan fingerprint density at radius 1 is 1.11 bits per heavy atom. The van der Waals surface area contributed by atoms with Crippen molar-refractivity contribution in [1.29, 1.82) is 0 Å². The van der Waals surface area contributed by atoms with Gasteiger partial charge in [-0.15, -0.1) is 0 Å². The van der Waals surface area contributed by atoms with Gasteiger partial charge in [-0.25, -0.2) is 0 Å². The van der Waals surface area contributed by atoms with Crippen LogP contribution in [0, 0.1) is 5.92 Å². The summed E-state index contributed by atoms with van der Waals surface area (Å²) >= 11 is 0. The van der Waals surface area contributed by atoms with Crippen LogP contribution in [0.1, 0.15) is 36.0 Å². The van der Waals surface area contributed by atoms with Crippen LogP contribution in [0.4, 0.5) is 0 Å². The first-order valence-electron chi connectivity index (χ1n) is 9.55. The van der Waals surface area contributed by atoms with Gasteiger partial charge < -0.3 is 25.6 Å². The van der Waals surface area contributed by atoms with Crippen molar-refractivity contribution in [2.24, 2.45) is 11.7 Å². The Morgan fingerprint density at radius 3 is 2.52 bits per heavy atom. The van der Waals surface area contributed by atoms with Gasteiger partial charge in [-0.05, 0) is 12.8 Å². The maximum absolute atomic E-state index is 12.9. The second-order valence-corrected chi connectivity index (χ2v) is 6.72. The quantitative estimate of drug-likeness (QED) is 0.390. The van der Waals surface area contributed by atoms with Crippen molar-refractivity contribution in [3.63, 3.8) is 0 Å². The predicted molar refractivity (Wildman–Crippen MR) is 101 cm³/mol. The minimum Gasteiger partial charge on any atom is -0.381 e. The lowest BCUT2D eigenvalue weighted by atomic mass is 9.71. The highest BCUT2D eigenvalue weighted by Crippen LogP contribution is 2.36. The molecule has 1 fully saturated rings. The van der Waals surface area contributed by atoms with Crippen molar-refractivity contribution in [3.8, 4) is 0 Å². The number of rotatable bonds is 11. The van der Waals surface area contributed by atoms with Gasteiger partial charge in [0.25, 0.3) is 0 Å². The number of ether oxygens (including phenoxy) is 2. The number of ketones is 1. The highest BCUT2D eigenvalue weighted by molar-refractivity contribution is 6.05. The maximum Gasteiger partial charge on any atom is 0.226 e. The van der Waals surface area contributed by atoms with Gasteiger partial charge in [0.05, 0.1) is 32.3 Å². The summed E-state index contributed by atoms with van der Waals surface area (Å²) in [5.74, 6) is -1.42. The standard InChI is InChI=1S/C20H30N2O5/c21-10-12-26-14-15-27-13-11-22-19(24)17-8-4-5-9-20(17,25)18(23)16-6-2-1-3-7-16/h1-3,6-7,17,25H,4-5,8-15,21H2,(H,22,24). The Hall–Kier alpha value is -1.80. The Morgan fingerprint density at radius 2 is 1.81 bits per heavy atom. The highest BCUT2D eigenvalue weighted by Gasteiger charge is 2.48. The topological polar surface area (TPSA) is 111 Å². The number of Topliss-reactive ketones (excluding diaryl/α,β-unsaturated/α-hetero) is 1. The molecule has 2 unspecified atom stereocenters. The summed E-state index contributed by atoms with van der Waals surface area (Å²) < 4.78 is 10.6. The summed E-state index contributed by atoms with van der Waals surface area (Å²) in [6, 6.07) is 8.66. The lowest BCUT2D eigenvalue weighted by Crippen LogP contribution is -2.54. The second-order valence-electron chi connectivity index (χ2n) is 6.72. The monoisotopic (exact) mass is 378 g/mol. The Bertz CT molecular complexity index is 595. The van der Waals surface area contributed by atoms with Gasteiger partial charge in [-0.1, -0.05) is 43.2 Å². The van der Waals surface area contributed by atoms with Crippen molar-refractivity contribution in [2.75, 3.05) is 39.5 Å². The first-order chi connectivity index (χ1) is 13.1. The van der Waals surface area contributed by atoms with Gasteiger partial charge in [0.15, 0.2) is 5.78 Å². The smallest absolute Gasteiger partial charge is 0.226 e. The average Bonchev–Trinajstić information content (AvgIpc) is 2.70. The molecule has 0 spiro atoms. The number of benzene rings is 1. The molecule has 150 valence electrons. The molecular weight excluding hydrogens is 348 g/mol. The van der Waals surface area contributed by atoms with Crippen LogP contribution in [0.3, 0.4) is 0 Å². The van der Waals surface area contributed by atoms with E-state index in [0.29, 0.717) is 57.9 Å². The number of aliphatic hydroxyl groups is 1. The molecule has 27 heavy (non-hydrogen) atoms. The number of carbonyl (C=O) groups excluding carboxylic acids is 2. The van der Waals surface area contributed by atoms with E-state index in [4.69, 9.17) is 15.2 Å². The largest absolute Gasteiger partial charge is 0.381 e. The number of carbonyl (C=O) groups is 2. The summed E-state index contributed by atoms with van der Waals surface area (Å²) in [5.41, 5.74) is 4.10. The van der Waals surface area contributed by atoms with Crippen LogP contribution < -0.4 is 11.1 Å². The molecule has 1 amide bonds. The molecule has 1 aliphatic carbocycles. The molecule has 1 aromatic carbocycles. The highest BCUT2D eigenvalue weighted by atomic mass is 16.5. The molecule has 2 rings (SSSR count). The third-order valence-electron chi connectivity index (χ3n) is 4.80. The van der Waals surface area contributed by atoms with Crippen LogP contribution in [0.5, 0.6) is 0 Å². The van der Waals surface area contributed by atoms with Gasteiger partial charge in [0, 0.05) is 18.7 Å². The number of hydrogen-bond donors (Lipinski definition) is 3. The van der Waals surface area contributed by atoms with E-state index in [1.54, 1.807) is 24.3 Å². The molecule has 0 aromatic heterocycles. The van der Waals surface area contributed by atoms with Crippen LogP contribution in [-0.4, -0.2) is 61.9 Å². The summed E-state index contributed by atoms with van der Waals surface area (Å²) in [6.07, 6.45) is 2.34. The third kappa shape index (κ3) is 6.10. The number of nitrogens with one attached hydrogen (secondary N) is 1. The Kier molecular flexibility index (Phi) is 8.87. The van der Waals surface area contributed by atoms with Crippen molar-refractivity contribution < 1.29 is 24.2 Å². The van der Waals surface area contributed by atoms with Gasteiger partial charge >= 0.3 is 0 Å². The molecule has 4 N–H and O–H groups in total. The van der Waals surface area contributed by atoms with Gasteiger partial charge in [-0.3, -0.25) is 9.59 Å². The van der Waals surface area contributed by atoms with Gasteiger partial charge in [-0.2, -0.15) is 0 Å². The molecule has 1 aromatic rings. The molecular formula is C20H30N2O5. The fraction of sp³-hybridized carbons (Fsp3) is 0.600. The third-order valence-corrected chi connectivity index (χ3v) is 4.80. The fourth-order valence-electron chi connectivity index (χ4n) is 3.39. The summed E-state index contributed by atoms with van der Waals surface area (Å²) in [7, 11) is 0. The second kappa shape index (κ2) is 11.1. The number of nitrogens with two attached hydrogens (primary N) is 1. The molecule has 2 atom stereocenters. The van der Waals surface area contributed by atoms with Crippen molar-refractivity contribution in [2.45, 2.75) is 31.3 Å². The normalized spacial score (nSPS) is 22.4. The molecule has 0 heterocycles. The average molecular weight is 378 g/mol. The molecule has 0 bridgehead atoms. The van der Waals surface area contributed by atoms with E-state index < -0.39 is 11.5 Å². The number of amides is 1. The molecule has 7 heteroatoms. The zero-order chi connectivity index (χ0) is 19.5. The van der Waals surface area contributed by atoms with E-state index in [1.807, 2.05) is 6.07 Å². The SMILES string of the molecule is NCCOCCOCCNC(=O)C1CCCCC1(O)C(=O)c1ccccc1. The predicted octanol–water partition coefficient (Wildman–Crippen LogP) is 0.899. The van der Waals surface area contributed by atoms with Gasteiger partial charge in [0.1, 0.15) is 5.60 Å². The summed E-state index contributed by atoms with van der Waals surface area (Å²) in [6.45, 7) is 2.52. The summed E-state index contributed by atoms with van der Waals surface area (Å²) in [4.78, 5) is 25.5. The van der Waals surface area contributed by atoms with Crippen LogP contribution in [0.2, 0.25) is 0 Å².